The molecular weight excluding hydrogens is 292 g/mol. The molecule has 0 spiro atoms. The Morgan fingerprint density at radius 2 is 2.00 bits per heavy atom. The summed E-state index contributed by atoms with van der Waals surface area (Å²) in [5, 5.41) is 4.38. The molecule has 3 N–H and O–H groups in total. The van der Waals surface area contributed by atoms with Crippen LogP contribution in [0.2, 0.25) is 0 Å². The van der Waals surface area contributed by atoms with Gasteiger partial charge in [0.05, 0.1) is 43.6 Å². The number of hydrogen-bond donors (Lipinski definition) is 3. The first-order valence-corrected chi connectivity index (χ1v) is 7.66. The van der Waals surface area contributed by atoms with Gasteiger partial charge in [-0.1, -0.05) is 18.2 Å². The first-order valence-electron chi connectivity index (χ1n) is 7.66. The third-order valence-corrected chi connectivity index (χ3v) is 4.05. The molecule has 23 heavy (non-hydrogen) atoms. The highest BCUT2D eigenvalue weighted by molar-refractivity contribution is 6.07. The van der Waals surface area contributed by atoms with Crippen molar-refractivity contribution in [3.05, 3.63) is 46.4 Å². The molecule has 0 radical (unpaired) electrons. The quantitative estimate of drug-likeness (QED) is 0.629. The van der Waals surface area contributed by atoms with Crippen molar-refractivity contribution in [3.8, 4) is 0 Å². The monoisotopic (exact) mass is 313 g/mol. The van der Waals surface area contributed by atoms with Crippen LogP contribution in [0.1, 0.15) is 10.5 Å². The van der Waals surface area contributed by atoms with Gasteiger partial charge < -0.3 is 19.8 Å². The maximum atomic E-state index is 12.4. The summed E-state index contributed by atoms with van der Waals surface area (Å²) in [6.07, 6.45) is 0. The third kappa shape index (κ3) is 2.73. The lowest BCUT2D eigenvalue weighted by Crippen LogP contribution is -3.06. The number of aromatic nitrogens is 2. The van der Waals surface area contributed by atoms with Gasteiger partial charge in [-0.25, -0.2) is 0 Å². The highest BCUT2D eigenvalue weighted by Crippen LogP contribution is 2.23. The Labute approximate surface area is 133 Å². The molecule has 0 bridgehead atoms. The van der Waals surface area contributed by atoms with Gasteiger partial charge in [-0.05, 0) is 12.1 Å². The van der Waals surface area contributed by atoms with Gasteiger partial charge in [-0.3, -0.25) is 9.59 Å². The highest BCUT2D eigenvalue weighted by atomic mass is 16.2. The number of carbonyl (C=O) groups excluding carboxylic acids is 1. The Morgan fingerprint density at radius 1 is 1.26 bits per heavy atom. The Bertz CT molecular complexity index is 937. The van der Waals surface area contributed by atoms with Crippen molar-refractivity contribution in [2.24, 2.45) is 7.05 Å². The molecule has 0 fully saturated rings. The molecule has 3 aromatic rings. The second kappa shape index (κ2) is 5.89. The number of aryl methyl sites for hydroxylation is 1. The number of aromatic amines is 1. The number of para-hydroxylation sites is 1. The van der Waals surface area contributed by atoms with Gasteiger partial charge in [0.1, 0.15) is 5.69 Å². The average molecular weight is 313 g/mol. The van der Waals surface area contributed by atoms with Crippen molar-refractivity contribution in [3.63, 3.8) is 0 Å². The van der Waals surface area contributed by atoms with Gasteiger partial charge in [0.15, 0.2) is 0 Å². The van der Waals surface area contributed by atoms with Crippen molar-refractivity contribution in [1.82, 2.24) is 14.9 Å². The number of likely N-dealkylation sites (N-methyl/N-ethyl adjacent to an activating group) is 1. The van der Waals surface area contributed by atoms with E-state index >= 15 is 0 Å². The van der Waals surface area contributed by atoms with Crippen LogP contribution in [0.4, 0.5) is 0 Å². The summed E-state index contributed by atoms with van der Waals surface area (Å²) in [7, 11) is 5.89. The van der Waals surface area contributed by atoms with Crippen molar-refractivity contribution in [2.75, 3.05) is 27.2 Å². The minimum absolute atomic E-state index is 0.159. The molecule has 1 aromatic carbocycles. The van der Waals surface area contributed by atoms with Crippen LogP contribution in [0.5, 0.6) is 0 Å². The molecule has 2 heterocycles. The van der Waals surface area contributed by atoms with E-state index in [0.29, 0.717) is 17.6 Å². The molecule has 3 rings (SSSR count). The molecular formula is C17H21N4O2+. The molecule has 0 aliphatic heterocycles. The van der Waals surface area contributed by atoms with Crippen molar-refractivity contribution in [1.29, 1.82) is 0 Å². The zero-order valence-electron chi connectivity index (χ0n) is 13.6. The summed E-state index contributed by atoms with van der Waals surface area (Å²) in [5.41, 5.74) is 1.88. The van der Waals surface area contributed by atoms with Crippen LogP contribution in [0.3, 0.4) is 0 Å². The number of fused-ring (bicyclic) bond motifs is 3. The fraction of sp³-hybridized carbons (Fsp3) is 0.294. The second-order valence-corrected chi connectivity index (χ2v) is 6.06. The fourth-order valence-electron chi connectivity index (χ4n) is 2.82. The molecule has 0 aliphatic rings. The zero-order valence-corrected chi connectivity index (χ0v) is 13.6. The number of pyridine rings is 1. The maximum absolute atomic E-state index is 12.4. The predicted molar refractivity (Wildman–Crippen MR) is 91.1 cm³/mol. The average Bonchev–Trinajstić information content (AvgIpc) is 2.86. The number of quaternary nitrogens is 1. The number of nitrogens with zero attached hydrogens (tertiary/aromatic N) is 1. The van der Waals surface area contributed by atoms with E-state index in [4.69, 9.17) is 0 Å². The molecule has 0 unspecified atom stereocenters. The molecule has 0 aliphatic carbocycles. The van der Waals surface area contributed by atoms with E-state index in [1.54, 1.807) is 10.6 Å². The lowest BCUT2D eigenvalue weighted by molar-refractivity contribution is -0.856. The summed E-state index contributed by atoms with van der Waals surface area (Å²) in [6.45, 7) is 1.44. The molecule has 120 valence electrons. The molecule has 2 aromatic heterocycles. The van der Waals surface area contributed by atoms with E-state index < -0.39 is 0 Å². The van der Waals surface area contributed by atoms with Crippen LogP contribution in [0, 0.1) is 0 Å². The zero-order chi connectivity index (χ0) is 16.6. The van der Waals surface area contributed by atoms with Crippen LogP contribution < -0.4 is 15.8 Å². The minimum atomic E-state index is -0.175. The van der Waals surface area contributed by atoms with Crippen LogP contribution in [0.25, 0.3) is 21.8 Å². The number of amides is 1. The van der Waals surface area contributed by atoms with Crippen LogP contribution >= 0.6 is 0 Å². The maximum Gasteiger partial charge on any atom is 0.268 e. The first-order chi connectivity index (χ1) is 11.0. The van der Waals surface area contributed by atoms with Crippen molar-refractivity contribution >= 4 is 27.7 Å². The molecule has 6 heteroatoms. The van der Waals surface area contributed by atoms with Crippen molar-refractivity contribution in [2.45, 2.75) is 0 Å². The minimum Gasteiger partial charge on any atom is -0.345 e. The number of carbonyl (C=O) groups is 1. The molecule has 6 nitrogen and oxygen atoms in total. The molecule has 0 atom stereocenters. The number of nitrogens with one attached hydrogen (secondary N) is 3. The normalized spacial score (nSPS) is 11.5. The fourth-order valence-corrected chi connectivity index (χ4v) is 2.82. The van der Waals surface area contributed by atoms with E-state index in [1.807, 2.05) is 45.4 Å². The summed E-state index contributed by atoms with van der Waals surface area (Å²) in [4.78, 5) is 28.8. The second-order valence-electron chi connectivity index (χ2n) is 6.06. The van der Waals surface area contributed by atoms with E-state index in [-0.39, 0.29) is 11.5 Å². The summed E-state index contributed by atoms with van der Waals surface area (Å²) >= 11 is 0. The highest BCUT2D eigenvalue weighted by Gasteiger charge is 2.17. The van der Waals surface area contributed by atoms with Crippen LogP contribution in [0.15, 0.2) is 35.1 Å². The summed E-state index contributed by atoms with van der Waals surface area (Å²) < 4.78 is 1.80. The third-order valence-electron chi connectivity index (χ3n) is 4.05. The number of H-pyrrole nitrogens is 1. The van der Waals surface area contributed by atoms with Gasteiger partial charge in [0.2, 0.25) is 0 Å². The Hall–Kier alpha value is -2.60. The van der Waals surface area contributed by atoms with Gasteiger partial charge in [0.25, 0.3) is 11.5 Å². The summed E-state index contributed by atoms with van der Waals surface area (Å²) in [5.74, 6) is -0.159. The van der Waals surface area contributed by atoms with E-state index in [9.17, 15) is 9.59 Å². The lowest BCUT2D eigenvalue weighted by Gasteiger charge is -2.09. The first kappa shape index (κ1) is 15.3. The standard InChI is InChI=1S/C17H20N4O2/c1-20(2)9-8-18-17(23)14-10-12-15(21(14)3)11-6-4-5-7-13(11)19-16(12)22/h4-7,10H,8-9H2,1-3H3,(H,18,23)(H,19,22)/p+1. The Balaban J connectivity index is 2.08. The topological polar surface area (TPSA) is 71.3 Å². The largest absolute Gasteiger partial charge is 0.345 e. The lowest BCUT2D eigenvalue weighted by atomic mass is 10.1. The van der Waals surface area contributed by atoms with E-state index in [1.165, 1.54) is 4.90 Å². The molecule has 0 saturated carbocycles. The van der Waals surface area contributed by atoms with Gasteiger partial charge in [0, 0.05) is 12.4 Å². The Morgan fingerprint density at radius 3 is 2.74 bits per heavy atom. The Kier molecular flexibility index (Phi) is 3.92. The predicted octanol–water partition coefficient (Wildman–Crippen LogP) is -0.106. The number of benzene rings is 1. The van der Waals surface area contributed by atoms with Gasteiger partial charge >= 0.3 is 0 Å². The van der Waals surface area contributed by atoms with Gasteiger partial charge in [-0.2, -0.15) is 0 Å². The summed E-state index contributed by atoms with van der Waals surface area (Å²) in [6, 6.07) is 9.28. The number of hydrogen-bond acceptors (Lipinski definition) is 2. The van der Waals surface area contributed by atoms with Crippen molar-refractivity contribution < 1.29 is 9.69 Å². The van der Waals surface area contributed by atoms with Crippen LogP contribution in [-0.2, 0) is 7.05 Å². The SMILES string of the molecule is Cn1c(C(=O)NCC[NH+](C)C)cc2c(=O)[nH]c3ccccc3c21. The van der Waals surface area contributed by atoms with E-state index in [2.05, 4.69) is 10.3 Å². The van der Waals surface area contributed by atoms with Crippen LogP contribution in [-0.4, -0.2) is 42.6 Å². The molecule has 0 saturated heterocycles. The number of rotatable bonds is 4. The van der Waals surface area contributed by atoms with E-state index in [0.717, 1.165) is 23.0 Å². The smallest absolute Gasteiger partial charge is 0.268 e. The molecule has 1 amide bonds. The van der Waals surface area contributed by atoms with Gasteiger partial charge in [-0.15, -0.1) is 0 Å².